The quantitative estimate of drug-likeness (QED) is 0.814. The van der Waals surface area contributed by atoms with Gasteiger partial charge in [-0.05, 0) is 25.1 Å². The molecule has 1 atom stereocenters. The largest absolute Gasteiger partial charge is 0.437 e. The Labute approximate surface area is 156 Å². The van der Waals surface area contributed by atoms with Crippen LogP contribution < -0.4 is 9.64 Å². The minimum absolute atomic E-state index is 0.0991. The standard InChI is InChI=1S/C18H20ClFN4O2/c1-3-18(25)24-7-6-23(10-12(24)2)16-9-17(22-11-21-16)26-15-5-4-13(20)8-14(15)19/h4-5,8-9,11-12H,3,6-7,10H2,1-2H3/t12-/m1/s1. The lowest BCUT2D eigenvalue weighted by Gasteiger charge is -2.40. The van der Waals surface area contributed by atoms with Crippen LogP contribution in [0.2, 0.25) is 5.02 Å². The van der Waals surface area contributed by atoms with E-state index in [2.05, 4.69) is 14.9 Å². The Morgan fingerprint density at radius 2 is 2.15 bits per heavy atom. The molecule has 0 saturated carbocycles. The molecule has 8 heteroatoms. The van der Waals surface area contributed by atoms with Crippen molar-refractivity contribution in [1.82, 2.24) is 14.9 Å². The highest BCUT2D eigenvalue weighted by Crippen LogP contribution is 2.30. The zero-order valence-corrected chi connectivity index (χ0v) is 15.4. The van der Waals surface area contributed by atoms with Gasteiger partial charge in [0.25, 0.3) is 0 Å². The molecule has 0 bridgehead atoms. The number of aromatic nitrogens is 2. The smallest absolute Gasteiger partial charge is 0.224 e. The summed E-state index contributed by atoms with van der Waals surface area (Å²) in [4.78, 5) is 24.3. The van der Waals surface area contributed by atoms with Crippen LogP contribution in [-0.4, -0.2) is 46.5 Å². The molecule has 6 nitrogen and oxygen atoms in total. The third kappa shape index (κ3) is 4.04. The van der Waals surface area contributed by atoms with Gasteiger partial charge in [-0.1, -0.05) is 18.5 Å². The molecule has 0 spiro atoms. The Kier molecular flexibility index (Phi) is 5.56. The monoisotopic (exact) mass is 378 g/mol. The van der Waals surface area contributed by atoms with Crippen LogP contribution in [0.1, 0.15) is 20.3 Å². The molecular weight excluding hydrogens is 359 g/mol. The number of halogens is 2. The lowest BCUT2D eigenvalue weighted by molar-refractivity contribution is -0.133. The zero-order chi connectivity index (χ0) is 18.7. The number of benzene rings is 1. The highest BCUT2D eigenvalue weighted by Gasteiger charge is 2.27. The summed E-state index contributed by atoms with van der Waals surface area (Å²) in [5.41, 5.74) is 0. The van der Waals surface area contributed by atoms with E-state index < -0.39 is 5.82 Å². The molecule has 0 radical (unpaired) electrons. The number of carbonyl (C=O) groups excluding carboxylic acids is 1. The van der Waals surface area contributed by atoms with Crippen LogP contribution in [0, 0.1) is 5.82 Å². The molecule has 0 unspecified atom stereocenters. The maximum absolute atomic E-state index is 13.1. The third-order valence-electron chi connectivity index (χ3n) is 4.31. The SMILES string of the molecule is CCC(=O)N1CCN(c2cc(Oc3ccc(F)cc3Cl)ncn2)C[C@H]1C. The van der Waals surface area contributed by atoms with Crippen LogP contribution in [0.3, 0.4) is 0 Å². The van der Waals surface area contributed by atoms with Gasteiger partial charge in [0.1, 0.15) is 23.7 Å². The van der Waals surface area contributed by atoms with Crippen molar-refractivity contribution in [2.24, 2.45) is 0 Å². The molecule has 1 aromatic carbocycles. The maximum Gasteiger partial charge on any atom is 0.224 e. The molecule has 2 heterocycles. The number of anilines is 1. The van der Waals surface area contributed by atoms with E-state index >= 15 is 0 Å². The molecule has 2 aromatic rings. The molecule has 1 aromatic heterocycles. The van der Waals surface area contributed by atoms with E-state index in [0.717, 1.165) is 0 Å². The van der Waals surface area contributed by atoms with E-state index in [4.69, 9.17) is 16.3 Å². The normalized spacial score (nSPS) is 17.3. The molecule has 3 rings (SSSR count). The van der Waals surface area contributed by atoms with Crippen molar-refractivity contribution in [3.63, 3.8) is 0 Å². The lowest BCUT2D eigenvalue weighted by atomic mass is 10.1. The molecule has 1 saturated heterocycles. The zero-order valence-electron chi connectivity index (χ0n) is 14.7. The summed E-state index contributed by atoms with van der Waals surface area (Å²) in [7, 11) is 0. The minimum atomic E-state index is -0.431. The Hall–Kier alpha value is -2.41. The van der Waals surface area contributed by atoms with Gasteiger partial charge < -0.3 is 14.5 Å². The van der Waals surface area contributed by atoms with Crippen LogP contribution in [0.4, 0.5) is 10.2 Å². The number of nitrogens with zero attached hydrogens (tertiary/aromatic N) is 4. The van der Waals surface area contributed by atoms with Gasteiger partial charge in [-0.3, -0.25) is 4.79 Å². The number of piperazine rings is 1. The van der Waals surface area contributed by atoms with E-state index in [-0.39, 0.29) is 17.0 Å². The third-order valence-corrected chi connectivity index (χ3v) is 4.61. The number of hydrogen-bond acceptors (Lipinski definition) is 5. The average molecular weight is 379 g/mol. The maximum atomic E-state index is 13.1. The van der Waals surface area contributed by atoms with Crippen LogP contribution in [-0.2, 0) is 4.79 Å². The van der Waals surface area contributed by atoms with Crippen LogP contribution >= 0.6 is 11.6 Å². The van der Waals surface area contributed by atoms with Crippen molar-refractivity contribution in [1.29, 1.82) is 0 Å². The Morgan fingerprint density at radius 1 is 1.35 bits per heavy atom. The first-order chi connectivity index (χ1) is 12.5. The highest BCUT2D eigenvalue weighted by molar-refractivity contribution is 6.32. The first-order valence-electron chi connectivity index (χ1n) is 8.47. The van der Waals surface area contributed by atoms with Crippen molar-refractivity contribution in [3.8, 4) is 11.6 Å². The number of hydrogen-bond donors (Lipinski definition) is 0. The highest BCUT2D eigenvalue weighted by atomic mass is 35.5. The van der Waals surface area contributed by atoms with Gasteiger partial charge in [-0.2, -0.15) is 0 Å². The Balaban J connectivity index is 1.72. The van der Waals surface area contributed by atoms with Crippen molar-refractivity contribution >= 4 is 23.3 Å². The summed E-state index contributed by atoms with van der Waals surface area (Å²) in [6.45, 7) is 5.91. The van der Waals surface area contributed by atoms with Gasteiger partial charge in [-0.15, -0.1) is 0 Å². The summed E-state index contributed by atoms with van der Waals surface area (Å²) in [5.74, 6) is 1.09. The van der Waals surface area contributed by atoms with Crippen LogP contribution in [0.5, 0.6) is 11.6 Å². The number of ether oxygens (including phenoxy) is 1. The second kappa shape index (κ2) is 7.86. The summed E-state index contributed by atoms with van der Waals surface area (Å²) < 4.78 is 18.8. The van der Waals surface area contributed by atoms with Crippen molar-refractivity contribution in [2.45, 2.75) is 26.3 Å². The number of amides is 1. The second-order valence-electron chi connectivity index (χ2n) is 6.13. The molecular formula is C18H20ClFN4O2. The van der Waals surface area contributed by atoms with Crippen molar-refractivity contribution in [2.75, 3.05) is 24.5 Å². The van der Waals surface area contributed by atoms with Crippen molar-refractivity contribution < 1.29 is 13.9 Å². The van der Waals surface area contributed by atoms with E-state index in [1.807, 2.05) is 18.7 Å². The topological polar surface area (TPSA) is 58.6 Å². The fraction of sp³-hybridized carbons (Fsp3) is 0.389. The molecule has 0 aliphatic carbocycles. The first-order valence-corrected chi connectivity index (χ1v) is 8.85. The molecule has 1 amide bonds. The Morgan fingerprint density at radius 3 is 2.85 bits per heavy atom. The van der Waals surface area contributed by atoms with E-state index in [0.29, 0.717) is 43.5 Å². The van der Waals surface area contributed by atoms with Gasteiger partial charge in [0, 0.05) is 38.2 Å². The summed E-state index contributed by atoms with van der Waals surface area (Å²) >= 11 is 5.99. The number of rotatable bonds is 4. The molecule has 1 aliphatic rings. The van der Waals surface area contributed by atoms with Gasteiger partial charge in [-0.25, -0.2) is 14.4 Å². The Bertz CT molecular complexity index is 805. The lowest BCUT2D eigenvalue weighted by Crippen LogP contribution is -2.54. The fourth-order valence-corrected chi connectivity index (χ4v) is 3.17. The van der Waals surface area contributed by atoms with E-state index in [1.54, 1.807) is 6.07 Å². The first kappa shape index (κ1) is 18.4. The molecule has 138 valence electrons. The average Bonchev–Trinajstić information content (AvgIpc) is 2.63. The molecule has 0 N–H and O–H groups in total. The fourth-order valence-electron chi connectivity index (χ4n) is 2.97. The molecule has 1 fully saturated rings. The predicted molar refractivity (Wildman–Crippen MR) is 97.2 cm³/mol. The van der Waals surface area contributed by atoms with Gasteiger partial charge >= 0.3 is 0 Å². The minimum Gasteiger partial charge on any atom is -0.437 e. The number of carbonyl (C=O) groups is 1. The predicted octanol–water partition coefficient (Wildman–Crippen LogP) is 3.51. The molecule has 1 aliphatic heterocycles. The summed E-state index contributed by atoms with van der Waals surface area (Å²) in [5, 5.41) is 0.172. The molecule has 26 heavy (non-hydrogen) atoms. The van der Waals surface area contributed by atoms with Crippen LogP contribution in [0.15, 0.2) is 30.6 Å². The summed E-state index contributed by atoms with van der Waals surface area (Å²) in [6, 6.07) is 5.72. The van der Waals surface area contributed by atoms with E-state index in [1.165, 1.54) is 24.5 Å². The van der Waals surface area contributed by atoms with Gasteiger partial charge in [0.05, 0.1) is 5.02 Å². The van der Waals surface area contributed by atoms with Crippen LogP contribution in [0.25, 0.3) is 0 Å². The summed E-state index contributed by atoms with van der Waals surface area (Å²) in [6.07, 6.45) is 1.92. The van der Waals surface area contributed by atoms with E-state index in [9.17, 15) is 9.18 Å². The van der Waals surface area contributed by atoms with Gasteiger partial charge in [0.2, 0.25) is 11.8 Å². The second-order valence-corrected chi connectivity index (χ2v) is 6.53. The van der Waals surface area contributed by atoms with Crippen molar-refractivity contribution in [3.05, 3.63) is 41.4 Å². The van der Waals surface area contributed by atoms with Gasteiger partial charge in [0.15, 0.2) is 0 Å².